The Bertz CT molecular complexity index is 566. The number of esters is 1. The highest BCUT2D eigenvalue weighted by atomic mass is 35.5. The van der Waals surface area contributed by atoms with Gasteiger partial charge in [0, 0.05) is 10.6 Å². The lowest BCUT2D eigenvalue weighted by molar-refractivity contribution is 0.0601. The molecule has 88 valence electrons. The van der Waals surface area contributed by atoms with Crippen LogP contribution in [-0.4, -0.2) is 23.3 Å². The maximum Gasteiger partial charge on any atom is 0.341 e. The van der Waals surface area contributed by atoms with Crippen LogP contribution in [-0.2, 0) is 4.74 Å². The first kappa shape index (κ1) is 12.0. The predicted molar refractivity (Wildman–Crippen MR) is 65.4 cm³/mol. The van der Waals surface area contributed by atoms with E-state index < -0.39 is 5.97 Å². The van der Waals surface area contributed by atoms with Gasteiger partial charge in [-0.2, -0.15) is 5.10 Å². The smallest absolute Gasteiger partial charge is 0.341 e. The van der Waals surface area contributed by atoms with Crippen LogP contribution in [0.1, 0.15) is 10.4 Å². The van der Waals surface area contributed by atoms with Gasteiger partial charge in [-0.05, 0) is 18.2 Å². The van der Waals surface area contributed by atoms with Crippen molar-refractivity contribution < 1.29 is 9.53 Å². The van der Waals surface area contributed by atoms with Crippen molar-refractivity contribution >= 4 is 29.2 Å². The summed E-state index contributed by atoms with van der Waals surface area (Å²) in [4.78, 5) is 11.5. The fourth-order valence-electron chi connectivity index (χ4n) is 1.45. The van der Waals surface area contributed by atoms with Crippen LogP contribution < -0.4 is 0 Å². The SMILES string of the molecule is COC(=O)c1cn[nH]c1-c1ccc(Cl)cc1Cl. The predicted octanol–water partition coefficient (Wildman–Crippen LogP) is 3.17. The van der Waals surface area contributed by atoms with Gasteiger partial charge in [0.25, 0.3) is 0 Å². The van der Waals surface area contributed by atoms with Crippen molar-refractivity contribution in [3.63, 3.8) is 0 Å². The van der Waals surface area contributed by atoms with Crippen molar-refractivity contribution in [3.8, 4) is 11.3 Å². The molecule has 0 aliphatic carbocycles. The van der Waals surface area contributed by atoms with Crippen LogP contribution in [0, 0.1) is 0 Å². The minimum atomic E-state index is -0.472. The van der Waals surface area contributed by atoms with Crippen molar-refractivity contribution in [1.29, 1.82) is 0 Å². The summed E-state index contributed by atoms with van der Waals surface area (Å²) in [6, 6.07) is 5.00. The number of carbonyl (C=O) groups excluding carboxylic acids is 1. The normalized spacial score (nSPS) is 10.3. The molecule has 0 saturated carbocycles. The van der Waals surface area contributed by atoms with Gasteiger partial charge < -0.3 is 4.74 Å². The molecule has 1 aromatic heterocycles. The molecule has 0 atom stereocenters. The third-order valence-electron chi connectivity index (χ3n) is 2.25. The molecule has 0 amide bonds. The molecule has 0 fully saturated rings. The minimum absolute atomic E-state index is 0.330. The fourth-order valence-corrected chi connectivity index (χ4v) is 1.95. The molecule has 0 bridgehead atoms. The van der Waals surface area contributed by atoms with Crippen LogP contribution in [0.25, 0.3) is 11.3 Å². The van der Waals surface area contributed by atoms with Crippen LogP contribution in [0.5, 0.6) is 0 Å². The number of halogens is 2. The zero-order valence-corrected chi connectivity index (χ0v) is 10.3. The van der Waals surface area contributed by atoms with E-state index in [4.69, 9.17) is 23.2 Å². The number of carbonyl (C=O) groups is 1. The quantitative estimate of drug-likeness (QED) is 0.853. The maximum atomic E-state index is 11.5. The van der Waals surface area contributed by atoms with Gasteiger partial charge in [0.2, 0.25) is 0 Å². The van der Waals surface area contributed by atoms with Crippen LogP contribution in [0.4, 0.5) is 0 Å². The number of aromatic nitrogens is 2. The van der Waals surface area contributed by atoms with Crippen LogP contribution in [0.3, 0.4) is 0 Å². The van der Waals surface area contributed by atoms with Crippen molar-refractivity contribution in [2.75, 3.05) is 7.11 Å². The molecule has 17 heavy (non-hydrogen) atoms. The lowest BCUT2D eigenvalue weighted by Gasteiger charge is -2.04. The van der Waals surface area contributed by atoms with E-state index >= 15 is 0 Å². The highest BCUT2D eigenvalue weighted by Crippen LogP contribution is 2.31. The first-order chi connectivity index (χ1) is 8.13. The van der Waals surface area contributed by atoms with Gasteiger partial charge in [-0.3, -0.25) is 5.10 Å². The summed E-state index contributed by atoms with van der Waals surface area (Å²) < 4.78 is 4.65. The Hall–Kier alpha value is -1.52. The van der Waals surface area contributed by atoms with Gasteiger partial charge >= 0.3 is 5.97 Å². The molecule has 1 aromatic carbocycles. The third-order valence-corrected chi connectivity index (χ3v) is 2.79. The van der Waals surface area contributed by atoms with Crippen molar-refractivity contribution in [1.82, 2.24) is 10.2 Å². The number of rotatable bonds is 2. The molecular weight excluding hydrogens is 263 g/mol. The summed E-state index contributed by atoms with van der Waals surface area (Å²) in [5.41, 5.74) is 1.49. The second-order valence-electron chi connectivity index (χ2n) is 3.27. The second-order valence-corrected chi connectivity index (χ2v) is 4.12. The zero-order valence-electron chi connectivity index (χ0n) is 8.83. The maximum absolute atomic E-state index is 11.5. The van der Waals surface area contributed by atoms with E-state index in [0.717, 1.165) is 0 Å². The van der Waals surface area contributed by atoms with E-state index in [9.17, 15) is 4.79 Å². The van der Waals surface area contributed by atoms with Crippen molar-refractivity contribution in [2.24, 2.45) is 0 Å². The van der Waals surface area contributed by atoms with E-state index in [-0.39, 0.29) is 0 Å². The van der Waals surface area contributed by atoms with E-state index in [2.05, 4.69) is 14.9 Å². The number of benzene rings is 1. The number of nitrogens with zero attached hydrogens (tertiary/aromatic N) is 1. The monoisotopic (exact) mass is 270 g/mol. The summed E-state index contributed by atoms with van der Waals surface area (Å²) in [7, 11) is 1.31. The highest BCUT2D eigenvalue weighted by molar-refractivity contribution is 6.36. The summed E-state index contributed by atoms with van der Waals surface area (Å²) in [5, 5.41) is 7.50. The first-order valence-electron chi connectivity index (χ1n) is 4.70. The van der Waals surface area contributed by atoms with E-state index in [0.29, 0.717) is 26.9 Å². The average molecular weight is 271 g/mol. The summed E-state index contributed by atoms with van der Waals surface area (Å²) in [6.07, 6.45) is 1.39. The highest BCUT2D eigenvalue weighted by Gasteiger charge is 2.17. The molecule has 0 spiro atoms. The first-order valence-corrected chi connectivity index (χ1v) is 5.46. The molecule has 0 aliphatic rings. The van der Waals surface area contributed by atoms with Crippen molar-refractivity contribution in [3.05, 3.63) is 40.0 Å². The molecular formula is C11H8Cl2N2O2. The van der Waals surface area contributed by atoms with Crippen LogP contribution in [0.15, 0.2) is 24.4 Å². The van der Waals surface area contributed by atoms with E-state index in [1.165, 1.54) is 13.3 Å². The van der Waals surface area contributed by atoms with Gasteiger partial charge in [-0.15, -0.1) is 0 Å². The molecule has 0 saturated heterocycles. The molecule has 2 aromatic rings. The Labute approximate surface area is 107 Å². The average Bonchev–Trinajstić information content (AvgIpc) is 2.77. The molecule has 2 rings (SSSR count). The Morgan fingerprint density at radius 1 is 1.41 bits per heavy atom. The summed E-state index contributed by atoms with van der Waals surface area (Å²) in [5.74, 6) is -0.472. The van der Waals surface area contributed by atoms with Gasteiger partial charge in [0.15, 0.2) is 0 Å². The van der Waals surface area contributed by atoms with Crippen LogP contribution >= 0.6 is 23.2 Å². The van der Waals surface area contributed by atoms with E-state index in [1.54, 1.807) is 18.2 Å². The van der Waals surface area contributed by atoms with Gasteiger partial charge in [0.05, 0.1) is 24.0 Å². The lowest BCUT2D eigenvalue weighted by atomic mass is 10.1. The number of aromatic amines is 1. The number of ether oxygens (including phenoxy) is 1. The number of hydrogen-bond acceptors (Lipinski definition) is 3. The van der Waals surface area contributed by atoms with Gasteiger partial charge in [-0.25, -0.2) is 4.79 Å². The fraction of sp³-hybridized carbons (Fsp3) is 0.0909. The zero-order chi connectivity index (χ0) is 12.4. The summed E-state index contributed by atoms with van der Waals surface area (Å²) >= 11 is 11.9. The lowest BCUT2D eigenvalue weighted by Crippen LogP contribution is -2.01. The number of hydrogen-bond donors (Lipinski definition) is 1. The molecule has 4 nitrogen and oxygen atoms in total. The number of methoxy groups -OCH3 is 1. The van der Waals surface area contributed by atoms with Crippen molar-refractivity contribution in [2.45, 2.75) is 0 Å². The molecule has 0 unspecified atom stereocenters. The Kier molecular flexibility index (Phi) is 3.36. The standard InChI is InChI=1S/C11H8Cl2N2O2/c1-17-11(16)8-5-14-15-10(8)7-3-2-6(12)4-9(7)13/h2-5H,1H3,(H,14,15). The second kappa shape index (κ2) is 4.77. The molecule has 1 heterocycles. The molecule has 6 heteroatoms. The molecule has 0 radical (unpaired) electrons. The minimum Gasteiger partial charge on any atom is -0.465 e. The Morgan fingerprint density at radius 3 is 2.82 bits per heavy atom. The number of nitrogens with one attached hydrogen (secondary N) is 1. The number of H-pyrrole nitrogens is 1. The third kappa shape index (κ3) is 2.28. The molecule has 0 aliphatic heterocycles. The van der Waals surface area contributed by atoms with Gasteiger partial charge in [-0.1, -0.05) is 23.2 Å². The van der Waals surface area contributed by atoms with E-state index in [1.807, 2.05) is 0 Å². The molecule has 1 N–H and O–H groups in total. The Balaban J connectivity index is 2.53. The largest absolute Gasteiger partial charge is 0.465 e. The Morgan fingerprint density at radius 2 is 2.18 bits per heavy atom. The van der Waals surface area contributed by atoms with Crippen LogP contribution in [0.2, 0.25) is 10.0 Å². The van der Waals surface area contributed by atoms with Gasteiger partial charge in [0.1, 0.15) is 5.56 Å². The topological polar surface area (TPSA) is 55.0 Å². The summed E-state index contributed by atoms with van der Waals surface area (Å²) in [6.45, 7) is 0.